The summed E-state index contributed by atoms with van der Waals surface area (Å²) >= 11 is 0. The maximum Gasteiger partial charge on any atom is 0.354 e. The van der Waals surface area contributed by atoms with Gasteiger partial charge in [0.1, 0.15) is 5.71 Å². The molecule has 1 heterocycles. The summed E-state index contributed by atoms with van der Waals surface area (Å²) < 4.78 is 33.1. The van der Waals surface area contributed by atoms with Crippen LogP contribution in [-0.2, 0) is 26.0 Å². The first-order valence-corrected chi connectivity index (χ1v) is 10.8. The Kier molecular flexibility index (Phi) is 4.71. The van der Waals surface area contributed by atoms with Crippen LogP contribution in [0.2, 0.25) is 0 Å². The van der Waals surface area contributed by atoms with Crippen molar-refractivity contribution >= 4 is 21.7 Å². The molecule has 0 fully saturated rings. The van der Waals surface area contributed by atoms with E-state index in [2.05, 4.69) is 5.10 Å². The summed E-state index contributed by atoms with van der Waals surface area (Å²) in [6, 6.07) is 14.1. The summed E-state index contributed by atoms with van der Waals surface area (Å²) in [5.41, 5.74) is 3.18. The molecule has 0 amide bonds. The van der Waals surface area contributed by atoms with Crippen molar-refractivity contribution in [2.45, 2.75) is 37.6 Å². The SMILES string of the molecule is CCOC(=O)C1=NN(S(=O)(=O)c2ccc(C)cc2)[C@@H]2c3ccccc3C[C@@H]2C1. The van der Waals surface area contributed by atoms with Crippen LogP contribution in [0.4, 0.5) is 0 Å². The van der Waals surface area contributed by atoms with Gasteiger partial charge in [0.15, 0.2) is 0 Å². The molecule has 2 aliphatic rings. The van der Waals surface area contributed by atoms with Gasteiger partial charge in [-0.15, -0.1) is 0 Å². The lowest BCUT2D eigenvalue weighted by Gasteiger charge is -2.34. The van der Waals surface area contributed by atoms with Crippen LogP contribution in [0.15, 0.2) is 58.5 Å². The fourth-order valence-electron chi connectivity index (χ4n) is 3.97. The summed E-state index contributed by atoms with van der Waals surface area (Å²) in [4.78, 5) is 12.5. The van der Waals surface area contributed by atoms with Gasteiger partial charge in [-0.3, -0.25) is 0 Å². The highest BCUT2D eigenvalue weighted by atomic mass is 32.2. The molecule has 0 saturated carbocycles. The molecule has 4 rings (SSSR count). The molecule has 1 aliphatic heterocycles. The molecule has 0 aromatic heterocycles. The van der Waals surface area contributed by atoms with Gasteiger partial charge in [0.25, 0.3) is 10.0 Å². The van der Waals surface area contributed by atoms with Crippen LogP contribution in [0.25, 0.3) is 0 Å². The number of hydrogen-bond donors (Lipinski definition) is 0. The van der Waals surface area contributed by atoms with E-state index in [1.807, 2.05) is 31.2 Å². The Morgan fingerprint density at radius 2 is 1.86 bits per heavy atom. The minimum atomic E-state index is -3.92. The van der Waals surface area contributed by atoms with Gasteiger partial charge in [-0.2, -0.15) is 17.9 Å². The van der Waals surface area contributed by atoms with Crippen LogP contribution in [-0.4, -0.2) is 31.1 Å². The first kappa shape index (κ1) is 18.7. The number of hydrazone groups is 1. The number of ether oxygens (including phenoxy) is 1. The fourth-order valence-corrected chi connectivity index (χ4v) is 5.46. The number of rotatable bonds is 4. The molecule has 0 N–H and O–H groups in total. The fraction of sp³-hybridized carbons (Fsp3) is 0.333. The number of carbonyl (C=O) groups excluding carboxylic acids is 1. The zero-order chi connectivity index (χ0) is 19.9. The highest BCUT2D eigenvalue weighted by Gasteiger charge is 2.46. The van der Waals surface area contributed by atoms with Gasteiger partial charge in [0.2, 0.25) is 0 Å². The van der Waals surface area contributed by atoms with Crippen LogP contribution in [0.3, 0.4) is 0 Å². The van der Waals surface area contributed by atoms with Crippen molar-refractivity contribution in [3.63, 3.8) is 0 Å². The summed E-state index contributed by atoms with van der Waals surface area (Å²) in [5.74, 6) is -0.601. The van der Waals surface area contributed by atoms with E-state index in [1.54, 1.807) is 31.2 Å². The summed E-state index contributed by atoms with van der Waals surface area (Å²) in [7, 11) is -3.92. The third-order valence-electron chi connectivity index (χ3n) is 5.29. The number of aryl methyl sites for hydroxylation is 1. The number of fused-ring (bicyclic) bond motifs is 3. The Hall–Kier alpha value is -2.67. The molecule has 0 spiro atoms. The van der Waals surface area contributed by atoms with Gasteiger partial charge >= 0.3 is 5.97 Å². The van der Waals surface area contributed by atoms with Crippen LogP contribution in [0, 0.1) is 12.8 Å². The largest absolute Gasteiger partial charge is 0.461 e. The van der Waals surface area contributed by atoms with E-state index < -0.39 is 22.0 Å². The second-order valence-corrected chi connectivity index (χ2v) is 8.97. The standard InChI is InChI=1S/C21H22N2O4S/c1-3-27-21(24)19-13-16-12-15-6-4-5-7-18(15)20(16)23(22-19)28(25,26)17-10-8-14(2)9-11-17/h4-11,16,20H,3,12-13H2,1-2H3/t16-,20+/m1/s1. The molecule has 146 valence electrons. The van der Waals surface area contributed by atoms with E-state index in [0.717, 1.165) is 21.1 Å². The van der Waals surface area contributed by atoms with Gasteiger partial charge in [0, 0.05) is 6.42 Å². The number of sulfonamides is 1. The smallest absolute Gasteiger partial charge is 0.354 e. The quantitative estimate of drug-likeness (QED) is 0.741. The molecule has 0 bridgehead atoms. The Morgan fingerprint density at radius 1 is 1.14 bits per heavy atom. The molecule has 7 heteroatoms. The monoisotopic (exact) mass is 398 g/mol. The average molecular weight is 398 g/mol. The van der Waals surface area contributed by atoms with Crippen molar-refractivity contribution in [3.05, 3.63) is 65.2 Å². The number of nitrogens with zero attached hydrogens (tertiary/aromatic N) is 2. The topological polar surface area (TPSA) is 76.0 Å². The summed E-state index contributed by atoms with van der Waals surface area (Å²) in [6.45, 7) is 3.84. The molecule has 2 atom stereocenters. The van der Waals surface area contributed by atoms with Crippen LogP contribution >= 0.6 is 0 Å². The van der Waals surface area contributed by atoms with Crippen molar-refractivity contribution in [1.82, 2.24) is 4.41 Å². The summed E-state index contributed by atoms with van der Waals surface area (Å²) in [5, 5.41) is 4.30. The molecule has 2 aromatic carbocycles. The third kappa shape index (κ3) is 3.09. The minimum absolute atomic E-state index is 0.0467. The average Bonchev–Trinajstić information content (AvgIpc) is 3.06. The number of esters is 1. The zero-order valence-corrected chi connectivity index (χ0v) is 16.6. The van der Waals surface area contributed by atoms with E-state index >= 15 is 0 Å². The van der Waals surface area contributed by atoms with Gasteiger partial charge in [-0.1, -0.05) is 42.0 Å². The zero-order valence-electron chi connectivity index (χ0n) is 15.8. The predicted octanol–water partition coefficient (Wildman–Crippen LogP) is 3.22. The highest BCUT2D eigenvalue weighted by Crippen LogP contribution is 2.46. The molecule has 0 saturated heterocycles. The maximum atomic E-state index is 13.4. The van der Waals surface area contributed by atoms with E-state index in [9.17, 15) is 13.2 Å². The number of benzene rings is 2. The van der Waals surface area contributed by atoms with Crippen LogP contribution in [0.5, 0.6) is 0 Å². The van der Waals surface area contributed by atoms with Crippen LogP contribution in [0.1, 0.15) is 36.1 Å². The third-order valence-corrected chi connectivity index (χ3v) is 6.96. The van der Waals surface area contributed by atoms with E-state index in [0.29, 0.717) is 12.8 Å². The molecule has 1 aliphatic carbocycles. The lowest BCUT2D eigenvalue weighted by molar-refractivity contribution is -0.135. The first-order valence-electron chi connectivity index (χ1n) is 9.35. The van der Waals surface area contributed by atoms with Crippen molar-refractivity contribution in [2.75, 3.05) is 6.61 Å². The molecular formula is C21H22N2O4S. The van der Waals surface area contributed by atoms with Crippen molar-refractivity contribution in [3.8, 4) is 0 Å². The normalized spacial score (nSPS) is 20.9. The molecule has 0 unspecified atom stereocenters. The molecule has 28 heavy (non-hydrogen) atoms. The molecule has 6 nitrogen and oxygen atoms in total. The lowest BCUT2D eigenvalue weighted by Crippen LogP contribution is -2.40. The van der Waals surface area contributed by atoms with Crippen LogP contribution < -0.4 is 0 Å². The lowest BCUT2D eigenvalue weighted by atomic mass is 9.93. The Morgan fingerprint density at radius 3 is 2.57 bits per heavy atom. The van der Waals surface area contributed by atoms with E-state index in [1.165, 1.54) is 0 Å². The summed E-state index contributed by atoms with van der Waals surface area (Å²) in [6.07, 6.45) is 1.11. The highest BCUT2D eigenvalue weighted by molar-refractivity contribution is 7.89. The molecule has 0 radical (unpaired) electrons. The Bertz CT molecular complexity index is 1040. The number of carbonyl (C=O) groups is 1. The van der Waals surface area contributed by atoms with Crippen molar-refractivity contribution < 1.29 is 17.9 Å². The Labute approximate surface area is 164 Å². The predicted molar refractivity (Wildman–Crippen MR) is 105 cm³/mol. The van der Waals surface area contributed by atoms with E-state index in [4.69, 9.17) is 4.74 Å². The first-order chi connectivity index (χ1) is 13.4. The van der Waals surface area contributed by atoms with Gasteiger partial charge in [0.05, 0.1) is 17.5 Å². The molecule has 2 aromatic rings. The molecular weight excluding hydrogens is 376 g/mol. The van der Waals surface area contributed by atoms with E-state index in [-0.39, 0.29) is 23.1 Å². The van der Waals surface area contributed by atoms with Gasteiger partial charge in [-0.05, 0) is 49.4 Å². The Balaban J connectivity index is 1.83. The number of hydrogen-bond acceptors (Lipinski definition) is 5. The van der Waals surface area contributed by atoms with Gasteiger partial charge < -0.3 is 4.74 Å². The second-order valence-electron chi connectivity index (χ2n) is 7.17. The van der Waals surface area contributed by atoms with Gasteiger partial charge in [-0.25, -0.2) is 4.79 Å². The van der Waals surface area contributed by atoms with Crippen molar-refractivity contribution in [1.29, 1.82) is 0 Å². The van der Waals surface area contributed by atoms with Crippen molar-refractivity contribution in [2.24, 2.45) is 11.0 Å². The second kappa shape index (κ2) is 7.05. The minimum Gasteiger partial charge on any atom is -0.461 e. The maximum absolute atomic E-state index is 13.4.